The summed E-state index contributed by atoms with van der Waals surface area (Å²) in [6.07, 6.45) is 2.64. The summed E-state index contributed by atoms with van der Waals surface area (Å²) in [5.41, 5.74) is 2.33. The van der Waals surface area contributed by atoms with Gasteiger partial charge in [0.2, 0.25) is 0 Å². The summed E-state index contributed by atoms with van der Waals surface area (Å²) in [5, 5.41) is 13.7. The second kappa shape index (κ2) is 7.17. The van der Waals surface area contributed by atoms with Crippen LogP contribution in [0.15, 0.2) is 83.4 Å². The molecule has 4 aromatic rings. The maximum atomic E-state index is 10.7. The number of fused-ring (bicyclic) bond motifs is 1. The van der Waals surface area contributed by atoms with Crippen molar-refractivity contribution in [3.8, 4) is 22.8 Å². The number of hydrogen-bond acceptors (Lipinski definition) is 4. The van der Waals surface area contributed by atoms with Gasteiger partial charge in [-0.05, 0) is 60.2 Å². The average molecular weight is 357 g/mol. The lowest BCUT2D eigenvalue weighted by Gasteiger charge is -2.05. The number of nitrogens with zero attached hydrogens (tertiary/aromatic N) is 1. The first kappa shape index (κ1) is 16.6. The quantitative estimate of drug-likeness (QED) is 0.485. The Hall–Kier alpha value is -3.86. The van der Waals surface area contributed by atoms with Crippen LogP contribution < -0.4 is 4.74 Å². The lowest BCUT2D eigenvalue weighted by Crippen LogP contribution is -1.85. The highest BCUT2D eigenvalue weighted by atomic mass is 16.5. The van der Waals surface area contributed by atoms with Crippen LogP contribution >= 0.6 is 0 Å². The fourth-order valence-electron chi connectivity index (χ4n) is 2.74. The highest BCUT2D eigenvalue weighted by Gasteiger charge is 2.11. The Labute approximate surface area is 155 Å². The molecule has 0 aliphatic heterocycles. The third-order valence-electron chi connectivity index (χ3n) is 4.01. The summed E-state index contributed by atoms with van der Waals surface area (Å²) in [6, 6.07) is 22.5. The Bertz CT molecular complexity index is 1110. The van der Waals surface area contributed by atoms with E-state index in [-0.39, 0.29) is 0 Å². The van der Waals surface area contributed by atoms with E-state index in [1.807, 2.05) is 60.7 Å². The summed E-state index contributed by atoms with van der Waals surface area (Å²) in [5.74, 6) is 1.13. The number of ether oxygens (including phenoxy) is 1. The molecule has 1 heterocycles. The van der Waals surface area contributed by atoms with Gasteiger partial charge in [0.05, 0.1) is 5.39 Å². The fraction of sp³-hybridized carbons (Fsp3) is 0. The zero-order chi connectivity index (χ0) is 18.6. The molecule has 0 aliphatic carbocycles. The second-order valence-electron chi connectivity index (χ2n) is 5.90. The molecule has 0 amide bonds. The molecule has 0 radical (unpaired) electrons. The maximum Gasteiger partial charge on any atom is 0.328 e. The highest BCUT2D eigenvalue weighted by Crippen LogP contribution is 2.31. The lowest BCUT2D eigenvalue weighted by atomic mass is 10.1. The van der Waals surface area contributed by atoms with Crippen molar-refractivity contribution in [3.63, 3.8) is 0 Å². The predicted molar refractivity (Wildman–Crippen MR) is 103 cm³/mol. The summed E-state index contributed by atoms with van der Waals surface area (Å²) < 4.78 is 11.3. The first-order valence-corrected chi connectivity index (χ1v) is 8.33. The van der Waals surface area contributed by atoms with E-state index in [2.05, 4.69) is 5.16 Å². The predicted octanol–water partition coefficient (Wildman–Crippen LogP) is 5.38. The zero-order valence-corrected chi connectivity index (χ0v) is 14.2. The van der Waals surface area contributed by atoms with Crippen molar-refractivity contribution in [2.75, 3.05) is 0 Å². The largest absolute Gasteiger partial charge is 0.478 e. The molecule has 5 nitrogen and oxygen atoms in total. The molecule has 0 saturated heterocycles. The van der Waals surface area contributed by atoms with Gasteiger partial charge in [0.25, 0.3) is 0 Å². The summed E-state index contributed by atoms with van der Waals surface area (Å²) in [7, 11) is 0. The van der Waals surface area contributed by atoms with Crippen LogP contribution in [0.5, 0.6) is 11.5 Å². The van der Waals surface area contributed by atoms with E-state index < -0.39 is 5.97 Å². The molecule has 5 heteroatoms. The Kier molecular flexibility index (Phi) is 4.41. The minimum atomic E-state index is -0.991. The Morgan fingerprint density at radius 3 is 2.44 bits per heavy atom. The molecule has 0 unspecified atom stereocenters. The number of benzene rings is 3. The van der Waals surface area contributed by atoms with E-state index in [0.717, 1.165) is 34.1 Å². The molecule has 0 saturated carbocycles. The van der Waals surface area contributed by atoms with E-state index in [4.69, 9.17) is 14.4 Å². The second-order valence-corrected chi connectivity index (χ2v) is 5.90. The van der Waals surface area contributed by atoms with E-state index in [0.29, 0.717) is 11.3 Å². The van der Waals surface area contributed by atoms with Crippen molar-refractivity contribution < 1.29 is 19.2 Å². The number of carboxylic acid groups (broad SMARTS) is 1. The normalized spacial score (nSPS) is 11.1. The van der Waals surface area contributed by atoms with Crippen molar-refractivity contribution in [1.82, 2.24) is 5.16 Å². The van der Waals surface area contributed by atoms with Crippen molar-refractivity contribution in [1.29, 1.82) is 0 Å². The molecule has 0 atom stereocenters. The average Bonchev–Trinajstić information content (AvgIpc) is 3.11. The number of hydrogen-bond donors (Lipinski definition) is 1. The van der Waals surface area contributed by atoms with Crippen LogP contribution in [0.3, 0.4) is 0 Å². The van der Waals surface area contributed by atoms with E-state index in [1.165, 1.54) is 6.08 Å². The topological polar surface area (TPSA) is 72.6 Å². The molecule has 0 fully saturated rings. The smallest absolute Gasteiger partial charge is 0.328 e. The Morgan fingerprint density at radius 2 is 1.70 bits per heavy atom. The minimum absolute atomic E-state index is 0.627. The van der Waals surface area contributed by atoms with Crippen LogP contribution in [-0.2, 0) is 4.79 Å². The number of carboxylic acids is 1. The summed E-state index contributed by atoms with van der Waals surface area (Å²) in [4.78, 5) is 10.7. The van der Waals surface area contributed by atoms with E-state index >= 15 is 0 Å². The summed E-state index contributed by atoms with van der Waals surface area (Å²) >= 11 is 0. The van der Waals surface area contributed by atoms with Gasteiger partial charge < -0.3 is 14.4 Å². The maximum absolute atomic E-state index is 10.7. The van der Waals surface area contributed by atoms with Crippen molar-refractivity contribution in [2.24, 2.45) is 0 Å². The number of para-hydroxylation sites is 1. The van der Waals surface area contributed by atoms with Gasteiger partial charge in [0, 0.05) is 11.6 Å². The first-order chi connectivity index (χ1) is 13.2. The van der Waals surface area contributed by atoms with Gasteiger partial charge in [0.15, 0.2) is 5.76 Å². The van der Waals surface area contributed by atoms with Gasteiger partial charge in [0.1, 0.15) is 17.0 Å². The molecule has 27 heavy (non-hydrogen) atoms. The zero-order valence-electron chi connectivity index (χ0n) is 14.2. The third kappa shape index (κ3) is 3.72. The van der Waals surface area contributed by atoms with Crippen molar-refractivity contribution >= 4 is 22.9 Å². The molecule has 3 aromatic carbocycles. The van der Waals surface area contributed by atoms with Gasteiger partial charge >= 0.3 is 5.97 Å². The van der Waals surface area contributed by atoms with Crippen LogP contribution in [0.2, 0.25) is 0 Å². The number of rotatable bonds is 5. The SMILES string of the molecule is O=C(O)/C=C/c1ccc2noc(-c3ccc(Oc4ccccc4)cc3)c2c1. The minimum Gasteiger partial charge on any atom is -0.478 e. The van der Waals surface area contributed by atoms with Gasteiger partial charge in [-0.3, -0.25) is 0 Å². The van der Waals surface area contributed by atoms with Crippen LogP contribution in [0.25, 0.3) is 28.3 Å². The lowest BCUT2D eigenvalue weighted by molar-refractivity contribution is -0.131. The van der Waals surface area contributed by atoms with Gasteiger partial charge in [-0.2, -0.15) is 0 Å². The van der Waals surface area contributed by atoms with Gasteiger partial charge in [-0.1, -0.05) is 29.4 Å². The van der Waals surface area contributed by atoms with Crippen molar-refractivity contribution in [3.05, 3.63) is 84.4 Å². The molecular formula is C22H15NO4. The molecule has 1 N–H and O–H groups in total. The molecule has 0 aliphatic rings. The van der Waals surface area contributed by atoms with Gasteiger partial charge in [-0.25, -0.2) is 4.79 Å². The monoisotopic (exact) mass is 357 g/mol. The van der Waals surface area contributed by atoms with E-state index in [1.54, 1.807) is 12.1 Å². The van der Waals surface area contributed by atoms with Crippen LogP contribution in [0.1, 0.15) is 5.56 Å². The molecule has 0 bridgehead atoms. The van der Waals surface area contributed by atoms with Crippen LogP contribution in [0.4, 0.5) is 0 Å². The first-order valence-electron chi connectivity index (χ1n) is 8.33. The number of aliphatic carboxylic acids is 1. The molecule has 132 valence electrons. The summed E-state index contributed by atoms with van der Waals surface area (Å²) in [6.45, 7) is 0. The van der Waals surface area contributed by atoms with Crippen LogP contribution in [-0.4, -0.2) is 16.2 Å². The standard InChI is InChI=1S/C22H15NO4/c24-21(25)13-7-15-6-12-20-19(14-15)22(27-23-20)16-8-10-18(11-9-16)26-17-4-2-1-3-5-17/h1-14H,(H,24,25)/b13-7+. The Balaban J connectivity index is 1.63. The number of carbonyl (C=O) groups is 1. The third-order valence-corrected chi connectivity index (χ3v) is 4.01. The number of aromatic nitrogens is 1. The molecule has 1 aromatic heterocycles. The van der Waals surface area contributed by atoms with Crippen LogP contribution in [0, 0.1) is 0 Å². The van der Waals surface area contributed by atoms with Gasteiger partial charge in [-0.15, -0.1) is 0 Å². The molecule has 4 rings (SSSR count). The van der Waals surface area contributed by atoms with Crippen molar-refractivity contribution in [2.45, 2.75) is 0 Å². The highest BCUT2D eigenvalue weighted by molar-refractivity contribution is 5.94. The van der Waals surface area contributed by atoms with E-state index in [9.17, 15) is 4.79 Å². The molecule has 0 spiro atoms. The Morgan fingerprint density at radius 1 is 0.963 bits per heavy atom. The fourth-order valence-corrected chi connectivity index (χ4v) is 2.74. The molecular weight excluding hydrogens is 342 g/mol.